The van der Waals surface area contributed by atoms with Gasteiger partial charge in [0.05, 0.1) is 23.6 Å². The van der Waals surface area contributed by atoms with Crippen LogP contribution in [0.25, 0.3) is 0 Å². The van der Waals surface area contributed by atoms with Gasteiger partial charge in [0.2, 0.25) is 0 Å². The minimum Gasteiger partial charge on any atom is -0.465 e. The lowest BCUT2D eigenvalue weighted by Crippen LogP contribution is -2.36. The quantitative estimate of drug-likeness (QED) is 0.555. The summed E-state index contributed by atoms with van der Waals surface area (Å²) in [4.78, 5) is 22.9. The number of nitro groups is 1. The average Bonchev–Trinajstić information content (AvgIpc) is 2.80. The summed E-state index contributed by atoms with van der Waals surface area (Å²) in [7, 11) is 0. The highest BCUT2D eigenvalue weighted by Crippen LogP contribution is 2.33. The highest BCUT2D eigenvalue weighted by molar-refractivity contribution is 5.67. The van der Waals surface area contributed by atoms with Crippen molar-refractivity contribution >= 4 is 17.5 Å². The van der Waals surface area contributed by atoms with Crippen molar-refractivity contribution in [3.8, 4) is 0 Å². The molecule has 0 unspecified atom stereocenters. The van der Waals surface area contributed by atoms with Crippen LogP contribution in [0.4, 0.5) is 16.2 Å². The Morgan fingerprint density at radius 1 is 1.50 bits per heavy atom. The minimum absolute atomic E-state index is 0.0538. The van der Waals surface area contributed by atoms with Crippen LogP contribution in [-0.2, 0) is 0 Å². The van der Waals surface area contributed by atoms with Gasteiger partial charge in [-0.05, 0) is 12.5 Å². The van der Waals surface area contributed by atoms with Crippen LogP contribution in [0, 0.1) is 10.1 Å². The highest BCUT2D eigenvalue weighted by Gasteiger charge is 2.35. The molecular formula is C12H15N3O5. The van der Waals surface area contributed by atoms with Crippen molar-refractivity contribution in [3.05, 3.63) is 34.4 Å². The van der Waals surface area contributed by atoms with E-state index in [2.05, 4.69) is 5.32 Å². The van der Waals surface area contributed by atoms with Crippen molar-refractivity contribution in [2.45, 2.75) is 18.5 Å². The SMILES string of the molecule is O=C(O)N[C@H]1C[C@@H](CO)N(c2ccccc2[N+](=O)[O-])C1. The van der Waals surface area contributed by atoms with E-state index in [4.69, 9.17) is 5.11 Å². The fraction of sp³-hybridized carbons (Fsp3) is 0.417. The van der Waals surface area contributed by atoms with E-state index >= 15 is 0 Å². The molecule has 1 aliphatic heterocycles. The van der Waals surface area contributed by atoms with Crippen molar-refractivity contribution in [3.63, 3.8) is 0 Å². The molecule has 0 bridgehead atoms. The molecule has 0 aromatic heterocycles. The maximum absolute atomic E-state index is 11.0. The first kappa shape index (κ1) is 14.1. The predicted molar refractivity (Wildman–Crippen MR) is 70.9 cm³/mol. The van der Waals surface area contributed by atoms with Crippen LogP contribution in [0.1, 0.15) is 6.42 Å². The Balaban J connectivity index is 2.27. The molecule has 1 amide bonds. The Morgan fingerprint density at radius 2 is 2.20 bits per heavy atom. The molecule has 0 radical (unpaired) electrons. The largest absolute Gasteiger partial charge is 0.465 e. The lowest BCUT2D eigenvalue weighted by molar-refractivity contribution is -0.384. The van der Waals surface area contributed by atoms with Crippen molar-refractivity contribution in [2.24, 2.45) is 0 Å². The van der Waals surface area contributed by atoms with Crippen molar-refractivity contribution in [2.75, 3.05) is 18.1 Å². The van der Waals surface area contributed by atoms with Crippen LogP contribution in [0.2, 0.25) is 0 Å². The fourth-order valence-electron chi connectivity index (χ4n) is 2.53. The van der Waals surface area contributed by atoms with Crippen LogP contribution in [0.15, 0.2) is 24.3 Å². The lowest BCUT2D eigenvalue weighted by atomic mass is 10.2. The Bertz CT molecular complexity index is 522. The van der Waals surface area contributed by atoms with Crippen LogP contribution < -0.4 is 10.2 Å². The molecule has 20 heavy (non-hydrogen) atoms. The summed E-state index contributed by atoms with van der Waals surface area (Å²) in [6, 6.07) is 5.54. The van der Waals surface area contributed by atoms with Gasteiger partial charge in [-0.1, -0.05) is 12.1 Å². The van der Waals surface area contributed by atoms with Crippen molar-refractivity contribution < 1.29 is 19.9 Å². The molecule has 1 aromatic rings. The summed E-state index contributed by atoms with van der Waals surface area (Å²) in [6.45, 7) is 0.103. The second-order valence-corrected chi connectivity index (χ2v) is 4.62. The summed E-state index contributed by atoms with van der Waals surface area (Å²) in [5.41, 5.74) is 0.341. The molecule has 0 aliphatic carbocycles. The number of hydrogen-bond donors (Lipinski definition) is 3. The average molecular weight is 281 g/mol. The number of anilines is 1. The zero-order valence-electron chi connectivity index (χ0n) is 10.6. The number of nitrogens with one attached hydrogen (secondary N) is 1. The third-order valence-electron chi connectivity index (χ3n) is 3.34. The number of carbonyl (C=O) groups is 1. The van der Waals surface area contributed by atoms with Gasteiger partial charge >= 0.3 is 6.09 Å². The molecule has 3 N–H and O–H groups in total. The van der Waals surface area contributed by atoms with Gasteiger partial charge in [0.1, 0.15) is 5.69 Å². The molecule has 8 nitrogen and oxygen atoms in total. The molecule has 0 saturated carbocycles. The summed E-state index contributed by atoms with van der Waals surface area (Å²) in [6.07, 6.45) is -0.731. The van der Waals surface area contributed by atoms with Crippen LogP contribution in [0.5, 0.6) is 0 Å². The first-order chi connectivity index (χ1) is 9.52. The van der Waals surface area contributed by atoms with E-state index < -0.39 is 11.0 Å². The third-order valence-corrected chi connectivity index (χ3v) is 3.34. The van der Waals surface area contributed by atoms with E-state index in [1.54, 1.807) is 23.1 Å². The molecule has 2 atom stereocenters. The number of amides is 1. The topological polar surface area (TPSA) is 116 Å². The smallest absolute Gasteiger partial charge is 0.404 e. The van der Waals surface area contributed by atoms with Gasteiger partial charge in [-0.3, -0.25) is 10.1 Å². The molecular weight excluding hydrogens is 266 g/mol. The van der Waals surface area contributed by atoms with Crippen molar-refractivity contribution in [1.29, 1.82) is 0 Å². The molecule has 108 valence electrons. The monoisotopic (exact) mass is 281 g/mol. The molecule has 2 rings (SSSR count). The van der Waals surface area contributed by atoms with Gasteiger partial charge in [0.25, 0.3) is 5.69 Å². The zero-order chi connectivity index (χ0) is 14.7. The van der Waals surface area contributed by atoms with Gasteiger partial charge in [0.15, 0.2) is 0 Å². The number of benzene rings is 1. The van der Waals surface area contributed by atoms with Gasteiger partial charge in [-0.2, -0.15) is 0 Å². The Hall–Kier alpha value is -2.35. The summed E-state index contributed by atoms with van der Waals surface area (Å²) in [5, 5.41) is 31.5. The molecule has 1 aromatic carbocycles. The first-order valence-electron chi connectivity index (χ1n) is 6.13. The van der Waals surface area contributed by atoms with Crippen LogP contribution >= 0.6 is 0 Å². The fourth-order valence-corrected chi connectivity index (χ4v) is 2.53. The number of carboxylic acid groups (broad SMARTS) is 1. The molecule has 1 heterocycles. The highest BCUT2D eigenvalue weighted by atomic mass is 16.6. The van der Waals surface area contributed by atoms with E-state index in [0.717, 1.165) is 0 Å². The standard InChI is InChI=1S/C12H15N3O5/c16-7-9-5-8(13-12(17)18)6-14(9)10-3-1-2-4-11(10)15(19)20/h1-4,8-9,13,16H,5-7H2,(H,17,18)/t8-,9-/m0/s1. The molecule has 1 saturated heterocycles. The van der Waals surface area contributed by atoms with E-state index in [0.29, 0.717) is 18.7 Å². The summed E-state index contributed by atoms with van der Waals surface area (Å²) >= 11 is 0. The number of aliphatic hydroxyl groups excluding tert-OH is 1. The van der Waals surface area contributed by atoms with Gasteiger partial charge < -0.3 is 20.4 Å². The maximum atomic E-state index is 11.0. The van der Waals surface area contributed by atoms with E-state index in [-0.39, 0.29) is 24.4 Å². The van der Waals surface area contributed by atoms with Gasteiger partial charge in [-0.15, -0.1) is 0 Å². The van der Waals surface area contributed by atoms with Crippen LogP contribution in [0.3, 0.4) is 0 Å². The second kappa shape index (κ2) is 5.74. The Labute approximate surface area is 114 Å². The molecule has 1 aliphatic rings. The number of rotatable bonds is 4. The van der Waals surface area contributed by atoms with Gasteiger partial charge in [-0.25, -0.2) is 4.79 Å². The van der Waals surface area contributed by atoms with E-state index in [1.165, 1.54) is 6.07 Å². The maximum Gasteiger partial charge on any atom is 0.404 e. The zero-order valence-corrected chi connectivity index (χ0v) is 10.6. The Morgan fingerprint density at radius 3 is 2.80 bits per heavy atom. The molecule has 0 spiro atoms. The Kier molecular flexibility index (Phi) is 4.04. The minimum atomic E-state index is -1.14. The predicted octanol–water partition coefficient (Wildman–Crippen LogP) is 0.802. The number of nitrogens with zero attached hydrogens (tertiary/aromatic N) is 2. The first-order valence-corrected chi connectivity index (χ1v) is 6.13. The molecule has 1 fully saturated rings. The van der Waals surface area contributed by atoms with Crippen molar-refractivity contribution in [1.82, 2.24) is 5.32 Å². The molecule has 8 heteroatoms. The van der Waals surface area contributed by atoms with Crippen LogP contribution in [-0.4, -0.2) is 46.5 Å². The number of nitro benzene ring substituents is 1. The van der Waals surface area contributed by atoms with E-state index in [9.17, 15) is 20.0 Å². The number of hydrogen-bond acceptors (Lipinski definition) is 5. The normalized spacial score (nSPS) is 21.8. The number of aliphatic hydroxyl groups is 1. The van der Waals surface area contributed by atoms with E-state index in [1.807, 2.05) is 0 Å². The third kappa shape index (κ3) is 2.80. The summed E-state index contributed by atoms with van der Waals surface area (Å²) < 4.78 is 0. The van der Waals surface area contributed by atoms with Gasteiger partial charge in [0, 0.05) is 12.6 Å². The second-order valence-electron chi connectivity index (χ2n) is 4.62. The number of para-hydroxylation sites is 2. The summed E-state index contributed by atoms with van der Waals surface area (Å²) in [5.74, 6) is 0. The lowest BCUT2D eigenvalue weighted by Gasteiger charge is -2.24.